The summed E-state index contributed by atoms with van der Waals surface area (Å²) in [5, 5.41) is 3.44. The van der Waals surface area contributed by atoms with Gasteiger partial charge in [-0.25, -0.2) is 0 Å². The predicted octanol–water partition coefficient (Wildman–Crippen LogP) is 3.66. The molecule has 1 N–H and O–H groups in total. The van der Waals surface area contributed by atoms with E-state index in [1.54, 1.807) is 0 Å². The number of halogens is 1. The third-order valence-electron chi connectivity index (χ3n) is 5.00. The Morgan fingerprint density at radius 3 is 2.75 bits per heavy atom. The molecular weight excluding hydrogens is 322 g/mol. The Hall–Kier alpha value is -1.13. The van der Waals surface area contributed by atoms with E-state index in [1.807, 2.05) is 24.4 Å². The standard InChI is InChI=1S/C19H31N3O.ClH/c1-15(2)16(3)13-19(23)22(14-17-7-4-5-11-21-17)18-8-6-10-20-12-9-18;/h4-5,7,11,15-16,18,20H,6,8-10,12-14H2,1-3H3;1H. The fraction of sp³-hybridized carbons (Fsp3) is 0.684. The second-order valence-corrected chi connectivity index (χ2v) is 7.10. The molecule has 0 saturated carbocycles. The normalized spacial score (nSPS) is 19.2. The zero-order valence-electron chi connectivity index (χ0n) is 15.2. The SMILES string of the molecule is CC(C)C(C)CC(=O)N(Cc1ccccn1)C1CCCNCC1.Cl. The summed E-state index contributed by atoms with van der Waals surface area (Å²) in [6, 6.07) is 6.27. The largest absolute Gasteiger partial charge is 0.334 e. The van der Waals surface area contributed by atoms with Crippen molar-refractivity contribution in [3.63, 3.8) is 0 Å². The lowest BCUT2D eigenvalue weighted by molar-refractivity contribution is -0.135. The number of pyridine rings is 1. The molecule has 1 fully saturated rings. The molecule has 1 aromatic heterocycles. The van der Waals surface area contributed by atoms with Crippen molar-refractivity contribution in [3.05, 3.63) is 30.1 Å². The number of aromatic nitrogens is 1. The van der Waals surface area contributed by atoms with Crippen molar-refractivity contribution in [2.75, 3.05) is 13.1 Å². The minimum atomic E-state index is 0. The molecule has 0 bridgehead atoms. The molecule has 0 aliphatic carbocycles. The summed E-state index contributed by atoms with van der Waals surface area (Å²) >= 11 is 0. The van der Waals surface area contributed by atoms with E-state index in [9.17, 15) is 4.79 Å². The van der Waals surface area contributed by atoms with E-state index in [0.29, 0.717) is 30.8 Å². The molecule has 0 radical (unpaired) electrons. The van der Waals surface area contributed by atoms with Gasteiger partial charge in [0.1, 0.15) is 0 Å². The summed E-state index contributed by atoms with van der Waals surface area (Å²) in [5.41, 5.74) is 0.982. The van der Waals surface area contributed by atoms with E-state index in [2.05, 4.69) is 36.0 Å². The van der Waals surface area contributed by atoms with E-state index in [4.69, 9.17) is 0 Å². The van der Waals surface area contributed by atoms with Crippen molar-refractivity contribution >= 4 is 18.3 Å². The molecule has 1 amide bonds. The second kappa shape index (κ2) is 10.7. The van der Waals surface area contributed by atoms with Crippen molar-refractivity contribution in [1.82, 2.24) is 15.2 Å². The van der Waals surface area contributed by atoms with Crippen LogP contribution in [0.1, 0.15) is 52.1 Å². The molecule has 2 atom stereocenters. The first-order valence-corrected chi connectivity index (χ1v) is 8.98. The molecule has 1 aromatic rings. The Kier molecular flexibility index (Phi) is 9.30. The topological polar surface area (TPSA) is 45.2 Å². The quantitative estimate of drug-likeness (QED) is 0.848. The highest BCUT2D eigenvalue weighted by Gasteiger charge is 2.26. The number of amides is 1. The summed E-state index contributed by atoms with van der Waals surface area (Å²) in [4.78, 5) is 19.5. The zero-order chi connectivity index (χ0) is 16.7. The summed E-state index contributed by atoms with van der Waals surface area (Å²) in [6.07, 6.45) is 5.70. The fourth-order valence-electron chi connectivity index (χ4n) is 3.03. The van der Waals surface area contributed by atoms with Gasteiger partial charge < -0.3 is 10.2 Å². The maximum Gasteiger partial charge on any atom is 0.223 e. The van der Waals surface area contributed by atoms with Gasteiger partial charge in [-0.15, -0.1) is 12.4 Å². The van der Waals surface area contributed by atoms with Gasteiger partial charge in [0, 0.05) is 18.7 Å². The highest BCUT2D eigenvalue weighted by Crippen LogP contribution is 2.21. The lowest BCUT2D eigenvalue weighted by Gasteiger charge is -2.32. The minimum absolute atomic E-state index is 0. The van der Waals surface area contributed by atoms with E-state index in [1.165, 1.54) is 0 Å². The Labute approximate surface area is 152 Å². The summed E-state index contributed by atoms with van der Waals surface area (Å²) in [5.74, 6) is 1.23. The van der Waals surface area contributed by atoms with Crippen LogP contribution in [0.3, 0.4) is 0 Å². The van der Waals surface area contributed by atoms with E-state index < -0.39 is 0 Å². The molecule has 4 nitrogen and oxygen atoms in total. The van der Waals surface area contributed by atoms with Crippen molar-refractivity contribution in [1.29, 1.82) is 0 Å². The molecular formula is C19H32ClN3O. The monoisotopic (exact) mass is 353 g/mol. The molecule has 1 aliphatic heterocycles. The highest BCUT2D eigenvalue weighted by atomic mass is 35.5. The van der Waals surface area contributed by atoms with Crippen LogP contribution >= 0.6 is 12.4 Å². The van der Waals surface area contributed by atoms with Gasteiger partial charge in [-0.2, -0.15) is 0 Å². The van der Waals surface area contributed by atoms with Crippen molar-refractivity contribution in [2.45, 2.75) is 59.0 Å². The van der Waals surface area contributed by atoms with Gasteiger partial charge in [-0.1, -0.05) is 26.8 Å². The number of carbonyl (C=O) groups is 1. The lowest BCUT2D eigenvalue weighted by atomic mass is 9.93. The Bertz CT molecular complexity index is 473. The maximum absolute atomic E-state index is 13.0. The molecule has 24 heavy (non-hydrogen) atoms. The Morgan fingerprint density at radius 2 is 2.08 bits per heavy atom. The van der Waals surface area contributed by atoms with E-state index in [0.717, 1.165) is 38.0 Å². The fourth-order valence-corrected chi connectivity index (χ4v) is 3.03. The predicted molar refractivity (Wildman–Crippen MR) is 101 cm³/mol. The number of hydrogen-bond acceptors (Lipinski definition) is 3. The van der Waals surface area contributed by atoms with Crippen LogP contribution in [0.2, 0.25) is 0 Å². The first-order chi connectivity index (χ1) is 11.1. The molecule has 136 valence electrons. The van der Waals surface area contributed by atoms with Gasteiger partial charge in [-0.3, -0.25) is 9.78 Å². The molecule has 2 unspecified atom stereocenters. The van der Waals surface area contributed by atoms with Crippen LogP contribution in [-0.2, 0) is 11.3 Å². The van der Waals surface area contributed by atoms with Crippen LogP contribution in [0.5, 0.6) is 0 Å². The summed E-state index contributed by atoms with van der Waals surface area (Å²) in [7, 11) is 0. The molecule has 2 rings (SSSR count). The van der Waals surface area contributed by atoms with Gasteiger partial charge in [0.05, 0.1) is 12.2 Å². The zero-order valence-corrected chi connectivity index (χ0v) is 16.0. The van der Waals surface area contributed by atoms with E-state index in [-0.39, 0.29) is 18.3 Å². The minimum Gasteiger partial charge on any atom is -0.334 e. The van der Waals surface area contributed by atoms with Gasteiger partial charge in [0.2, 0.25) is 5.91 Å². The van der Waals surface area contributed by atoms with Crippen LogP contribution in [0.15, 0.2) is 24.4 Å². The first kappa shape index (κ1) is 20.9. The van der Waals surface area contributed by atoms with Crippen molar-refractivity contribution in [3.8, 4) is 0 Å². The van der Waals surface area contributed by atoms with Gasteiger partial charge in [-0.05, 0) is 56.3 Å². The number of nitrogens with zero attached hydrogens (tertiary/aromatic N) is 2. The molecule has 2 heterocycles. The van der Waals surface area contributed by atoms with Gasteiger partial charge in [0.25, 0.3) is 0 Å². The van der Waals surface area contributed by atoms with Gasteiger partial charge >= 0.3 is 0 Å². The molecule has 5 heteroatoms. The van der Waals surface area contributed by atoms with Crippen molar-refractivity contribution in [2.24, 2.45) is 11.8 Å². The molecule has 1 saturated heterocycles. The van der Waals surface area contributed by atoms with E-state index >= 15 is 0 Å². The molecule has 0 spiro atoms. The Balaban J connectivity index is 0.00000288. The third kappa shape index (κ3) is 6.40. The summed E-state index contributed by atoms with van der Waals surface area (Å²) in [6.45, 7) is 9.25. The van der Waals surface area contributed by atoms with Crippen LogP contribution < -0.4 is 5.32 Å². The maximum atomic E-state index is 13.0. The first-order valence-electron chi connectivity index (χ1n) is 8.98. The van der Waals surface area contributed by atoms with Crippen LogP contribution in [0, 0.1) is 11.8 Å². The van der Waals surface area contributed by atoms with Gasteiger partial charge in [0.15, 0.2) is 0 Å². The number of carbonyl (C=O) groups excluding carboxylic acids is 1. The molecule has 0 aromatic carbocycles. The Morgan fingerprint density at radius 1 is 1.29 bits per heavy atom. The number of nitrogens with one attached hydrogen (secondary N) is 1. The lowest BCUT2D eigenvalue weighted by Crippen LogP contribution is -2.41. The number of hydrogen-bond donors (Lipinski definition) is 1. The average molecular weight is 354 g/mol. The smallest absolute Gasteiger partial charge is 0.223 e. The summed E-state index contributed by atoms with van der Waals surface area (Å²) < 4.78 is 0. The molecule has 1 aliphatic rings. The van der Waals surface area contributed by atoms with Crippen LogP contribution in [0.25, 0.3) is 0 Å². The van der Waals surface area contributed by atoms with Crippen LogP contribution in [0.4, 0.5) is 0 Å². The van der Waals surface area contributed by atoms with Crippen LogP contribution in [-0.4, -0.2) is 34.9 Å². The second-order valence-electron chi connectivity index (χ2n) is 7.10. The third-order valence-corrected chi connectivity index (χ3v) is 5.00. The number of rotatable bonds is 6. The highest BCUT2D eigenvalue weighted by molar-refractivity contribution is 5.85. The van der Waals surface area contributed by atoms with Crippen molar-refractivity contribution < 1.29 is 4.79 Å². The average Bonchev–Trinajstić information content (AvgIpc) is 2.82.